The quantitative estimate of drug-likeness (QED) is 0.915. The van der Waals surface area contributed by atoms with Gasteiger partial charge in [-0.1, -0.05) is 28.1 Å². The Labute approximate surface area is 131 Å². The summed E-state index contributed by atoms with van der Waals surface area (Å²) in [4.78, 5) is 4.89. The van der Waals surface area contributed by atoms with Crippen LogP contribution in [0.15, 0.2) is 22.7 Å². The average molecular weight is 340 g/mol. The van der Waals surface area contributed by atoms with Crippen molar-refractivity contribution in [2.24, 2.45) is 5.73 Å². The fraction of sp³-hybridized carbons (Fsp3) is 0.625. The van der Waals surface area contributed by atoms with Gasteiger partial charge in [-0.25, -0.2) is 0 Å². The molecule has 0 aliphatic carbocycles. The molecule has 2 unspecified atom stereocenters. The van der Waals surface area contributed by atoms with Crippen LogP contribution < -0.4 is 5.73 Å². The molecular weight excluding hydrogens is 314 g/mol. The first-order valence-electron chi connectivity index (χ1n) is 7.39. The van der Waals surface area contributed by atoms with Crippen LogP contribution in [-0.2, 0) is 0 Å². The van der Waals surface area contributed by atoms with E-state index in [9.17, 15) is 0 Å². The van der Waals surface area contributed by atoms with Crippen LogP contribution in [0.25, 0.3) is 0 Å². The van der Waals surface area contributed by atoms with Crippen LogP contribution >= 0.6 is 15.9 Å². The predicted molar refractivity (Wildman–Crippen MR) is 89.0 cm³/mol. The lowest BCUT2D eigenvalue weighted by Crippen LogP contribution is -2.47. The van der Waals surface area contributed by atoms with Crippen molar-refractivity contribution < 1.29 is 0 Å². The highest BCUT2D eigenvalue weighted by Crippen LogP contribution is 2.27. The number of hydrogen-bond donors (Lipinski definition) is 1. The predicted octanol–water partition coefficient (Wildman–Crippen LogP) is 2.78. The lowest BCUT2D eigenvalue weighted by Gasteiger charge is -2.40. The molecule has 0 spiro atoms. The maximum Gasteiger partial charge on any atom is 0.0470 e. The van der Waals surface area contributed by atoms with Crippen molar-refractivity contribution in [1.82, 2.24) is 9.80 Å². The summed E-state index contributed by atoms with van der Waals surface area (Å²) in [6.07, 6.45) is 2.55. The van der Waals surface area contributed by atoms with Crippen molar-refractivity contribution in [2.45, 2.75) is 31.8 Å². The normalized spacial score (nSPS) is 22.2. The van der Waals surface area contributed by atoms with Crippen LogP contribution in [0.4, 0.5) is 0 Å². The molecule has 1 saturated heterocycles. The molecule has 2 N–H and O–H groups in total. The Hall–Kier alpha value is -0.420. The first-order chi connectivity index (χ1) is 9.52. The fourth-order valence-corrected chi connectivity index (χ4v) is 3.39. The van der Waals surface area contributed by atoms with Crippen LogP contribution in [0.3, 0.4) is 0 Å². The zero-order chi connectivity index (χ0) is 14.7. The van der Waals surface area contributed by atoms with Gasteiger partial charge in [-0.2, -0.15) is 0 Å². The maximum absolute atomic E-state index is 6.07. The molecule has 20 heavy (non-hydrogen) atoms. The molecule has 0 amide bonds. The third-order valence-corrected chi connectivity index (χ3v) is 5.35. The van der Waals surface area contributed by atoms with Gasteiger partial charge in [-0.3, -0.25) is 4.90 Å². The van der Waals surface area contributed by atoms with E-state index >= 15 is 0 Å². The highest BCUT2D eigenvalue weighted by molar-refractivity contribution is 9.10. The Morgan fingerprint density at radius 1 is 1.50 bits per heavy atom. The van der Waals surface area contributed by atoms with Crippen molar-refractivity contribution in [3.63, 3.8) is 0 Å². The summed E-state index contributed by atoms with van der Waals surface area (Å²) in [6, 6.07) is 7.49. The number of nitrogens with two attached hydrogens (primary N) is 1. The van der Waals surface area contributed by atoms with E-state index in [1.165, 1.54) is 30.5 Å². The minimum absolute atomic E-state index is 0.304. The summed E-state index contributed by atoms with van der Waals surface area (Å²) < 4.78 is 1.16. The monoisotopic (exact) mass is 339 g/mol. The van der Waals surface area contributed by atoms with Gasteiger partial charge < -0.3 is 10.6 Å². The topological polar surface area (TPSA) is 32.5 Å². The summed E-state index contributed by atoms with van der Waals surface area (Å²) in [5.74, 6) is 0. The van der Waals surface area contributed by atoms with Crippen LogP contribution in [-0.4, -0.2) is 49.6 Å². The second-order valence-electron chi connectivity index (χ2n) is 5.98. The Kier molecular flexibility index (Phi) is 5.61. The largest absolute Gasteiger partial charge is 0.329 e. The molecule has 1 aliphatic heterocycles. The highest BCUT2D eigenvalue weighted by atomic mass is 79.9. The molecule has 0 saturated carbocycles. The van der Waals surface area contributed by atoms with Crippen LogP contribution in [0.2, 0.25) is 0 Å². The Morgan fingerprint density at radius 2 is 2.25 bits per heavy atom. The van der Waals surface area contributed by atoms with Crippen molar-refractivity contribution >= 4 is 15.9 Å². The molecule has 0 radical (unpaired) electrons. The van der Waals surface area contributed by atoms with Crippen LogP contribution in [0, 0.1) is 6.92 Å². The van der Waals surface area contributed by atoms with Crippen molar-refractivity contribution in [1.29, 1.82) is 0 Å². The van der Waals surface area contributed by atoms with E-state index in [-0.39, 0.29) is 0 Å². The van der Waals surface area contributed by atoms with Gasteiger partial charge in [0.05, 0.1) is 0 Å². The van der Waals surface area contributed by atoms with Gasteiger partial charge in [-0.05, 0) is 57.6 Å². The number of likely N-dealkylation sites (tertiary alicyclic amines) is 1. The molecule has 1 aromatic carbocycles. The summed E-state index contributed by atoms with van der Waals surface area (Å²) >= 11 is 3.57. The Morgan fingerprint density at radius 3 is 2.85 bits per heavy atom. The zero-order valence-electron chi connectivity index (χ0n) is 12.8. The van der Waals surface area contributed by atoms with Gasteiger partial charge in [0, 0.05) is 29.6 Å². The molecule has 1 aliphatic rings. The number of nitrogens with zero attached hydrogens (tertiary/aromatic N) is 2. The summed E-state index contributed by atoms with van der Waals surface area (Å²) in [6.45, 7) is 5.16. The van der Waals surface area contributed by atoms with Crippen molar-refractivity contribution in [2.75, 3.05) is 33.7 Å². The number of hydrogen-bond acceptors (Lipinski definition) is 3. The minimum atomic E-state index is 0.304. The number of rotatable bonds is 4. The average Bonchev–Trinajstić information content (AvgIpc) is 2.43. The molecule has 1 fully saturated rings. The fourth-order valence-electron chi connectivity index (χ4n) is 3.14. The van der Waals surface area contributed by atoms with E-state index in [1.807, 2.05) is 0 Å². The second-order valence-corrected chi connectivity index (χ2v) is 6.84. The standard InChI is InChI=1S/C16H26BrN3/c1-12-9-13(6-7-15(12)17)16(10-18)20(3)14-5-4-8-19(2)11-14/h6-7,9,14,16H,4-5,8,10-11,18H2,1-3H3. The zero-order valence-corrected chi connectivity index (χ0v) is 14.4. The highest BCUT2D eigenvalue weighted by Gasteiger charge is 2.26. The van der Waals surface area contributed by atoms with E-state index in [0.29, 0.717) is 18.6 Å². The number of benzene rings is 1. The lowest BCUT2D eigenvalue weighted by molar-refractivity contribution is 0.101. The molecule has 4 heteroatoms. The molecule has 112 valence electrons. The van der Waals surface area contributed by atoms with Crippen molar-refractivity contribution in [3.8, 4) is 0 Å². The van der Waals surface area contributed by atoms with Crippen LogP contribution in [0.5, 0.6) is 0 Å². The van der Waals surface area contributed by atoms with E-state index < -0.39 is 0 Å². The third kappa shape index (κ3) is 3.61. The maximum atomic E-state index is 6.07. The number of piperidine rings is 1. The second kappa shape index (κ2) is 7.03. The minimum Gasteiger partial charge on any atom is -0.329 e. The lowest BCUT2D eigenvalue weighted by atomic mass is 9.98. The summed E-state index contributed by atoms with van der Waals surface area (Å²) in [5.41, 5.74) is 8.66. The number of halogens is 1. The summed E-state index contributed by atoms with van der Waals surface area (Å²) in [5, 5.41) is 0. The molecule has 2 atom stereocenters. The van der Waals surface area contributed by atoms with Gasteiger partial charge in [0.15, 0.2) is 0 Å². The molecule has 3 nitrogen and oxygen atoms in total. The Balaban J connectivity index is 2.15. The molecule has 0 aromatic heterocycles. The van der Waals surface area contributed by atoms with Gasteiger partial charge in [0.2, 0.25) is 0 Å². The van der Waals surface area contributed by atoms with Crippen LogP contribution in [0.1, 0.15) is 30.0 Å². The molecule has 1 aromatic rings. The van der Waals surface area contributed by atoms with Gasteiger partial charge in [0.25, 0.3) is 0 Å². The molecule has 1 heterocycles. The first-order valence-corrected chi connectivity index (χ1v) is 8.18. The first kappa shape index (κ1) is 16.0. The van der Waals surface area contributed by atoms with E-state index in [0.717, 1.165) is 11.0 Å². The molecular formula is C16H26BrN3. The third-order valence-electron chi connectivity index (χ3n) is 4.46. The van der Waals surface area contributed by atoms with Crippen molar-refractivity contribution in [3.05, 3.63) is 33.8 Å². The summed E-state index contributed by atoms with van der Waals surface area (Å²) in [7, 11) is 4.43. The van der Waals surface area contributed by atoms with Gasteiger partial charge in [-0.15, -0.1) is 0 Å². The smallest absolute Gasteiger partial charge is 0.0470 e. The molecule has 0 bridgehead atoms. The van der Waals surface area contributed by atoms with Gasteiger partial charge in [0.1, 0.15) is 0 Å². The van der Waals surface area contributed by atoms with E-state index in [4.69, 9.17) is 5.73 Å². The number of likely N-dealkylation sites (N-methyl/N-ethyl adjacent to an activating group) is 2. The Bertz CT molecular complexity index is 449. The van der Waals surface area contributed by atoms with E-state index in [1.54, 1.807) is 0 Å². The van der Waals surface area contributed by atoms with E-state index in [2.05, 4.69) is 64.9 Å². The SMILES string of the molecule is Cc1cc(C(CN)N(C)C2CCCN(C)C2)ccc1Br. The molecule has 2 rings (SSSR count). The van der Waals surface area contributed by atoms with Gasteiger partial charge >= 0.3 is 0 Å². The number of aryl methyl sites for hydroxylation is 1.